The van der Waals surface area contributed by atoms with Crippen molar-refractivity contribution in [1.29, 1.82) is 0 Å². The molecule has 2 atom stereocenters. The van der Waals surface area contributed by atoms with E-state index in [-0.39, 0.29) is 42.0 Å². The van der Waals surface area contributed by atoms with Gasteiger partial charge in [0.25, 0.3) is 0 Å². The second-order valence-electron chi connectivity index (χ2n) is 7.38. The van der Waals surface area contributed by atoms with Gasteiger partial charge in [0.15, 0.2) is 11.7 Å². The second kappa shape index (κ2) is 10.4. The topological polar surface area (TPSA) is 58.4 Å². The number of benzene rings is 1. The molecule has 2 aliphatic heterocycles. The maximum absolute atomic E-state index is 13.8. The van der Waals surface area contributed by atoms with Gasteiger partial charge in [-0.1, -0.05) is 0 Å². The number of carbonyl (C=O) groups excluding carboxylic acids is 1. The van der Waals surface area contributed by atoms with Crippen LogP contribution in [-0.2, 0) is 11.2 Å². The molecule has 9 heteroatoms. The zero-order valence-corrected chi connectivity index (χ0v) is 17.5. The largest absolute Gasteiger partial charge is 0.441 e. The van der Waals surface area contributed by atoms with Gasteiger partial charge < -0.3 is 14.6 Å². The number of hydrogen-bond donors (Lipinski definition) is 1. The minimum atomic E-state index is -0.696. The number of aromatic nitrogens is 1. The van der Waals surface area contributed by atoms with Crippen molar-refractivity contribution >= 4 is 30.7 Å². The van der Waals surface area contributed by atoms with Crippen LogP contribution in [0.2, 0.25) is 0 Å². The summed E-state index contributed by atoms with van der Waals surface area (Å²) in [7, 11) is 0. The van der Waals surface area contributed by atoms with Crippen LogP contribution in [0.15, 0.2) is 28.8 Å². The standard InChI is InChI=1S/C20H23F2N3O2.2ClH/c21-15-1-2-16(17(22)9-15)18-12-24-19(27-18)3-4-20(26)25-7-5-13-10-23-11-14(13)6-8-25;;/h1-2,9,12-14,23H,3-8,10-11H2;2*1H/t13-,14+;;. The lowest BCUT2D eigenvalue weighted by Gasteiger charge is -2.20. The second-order valence-corrected chi connectivity index (χ2v) is 7.38. The van der Waals surface area contributed by atoms with E-state index in [2.05, 4.69) is 10.3 Å². The molecule has 0 saturated carbocycles. The van der Waals surface area contributed by atoms with Crippen molar-refractivity contribution in [2.75, 3.05) is 26.2 Å². The highest BCUT2D eigenvalue weighted by molar-refractivity contribution is 5.85. The Morgan fingerprint density at radius 1 is 1.17 bits per heavy atom. The molecule has 160 valence electrons. The number of hydrogen-bond acceptors (Lipinski definition) is 4. The Morgan fingerprint density at radius 3 is 2.52 bits per heavy atom. The first kappa shape index (κ1) is 23.6. The zero-order chi connectivity index (χ0) is 18.8. The van der Waals surface area contributed by atoms with E-state index in [1.807, 2.05) is 4.90 Å². The number of nitrogens with zero attached hydrogens (tertiary/aromatic N) is 2. The summed E-state index contributed by atoms with van der Waals surface area (Å²) >= 11 is 0. The molecule has 0 spiro atoms. The number of amides is 1. The van der Waals surface area contributed by atoms with Crippen LogP contribution in [0, 0.1) is 23.5 Å². The lowest BCUT2D eigenvalue weighted by Crippen LogP contribution is -2.32. The number of aryl methyl sites for hydroxylation is 1. The summed E-state index contributed by atoms with van der Waals surface area (Å²) in [6.45, 7) is 3.73. The molecule has 0 bridgehead atoms. The molecule has 0 unspecified atom stereocenters. The van der Waals surface area contributed by atoms with Crippen molar-refractivity contribution in [2.45, 2.75) is 25.7 Å². The van der Waals surface area contributed by atoms with Crippen LogP contribution in [0.25, 0.3) is 11.3 Å². The summed E-state index contributed by atoms with van der Waals surface area (Å²) in [4.78, 5) is 18.6. The lowest BCUT2D eigenvalue weighted by atomic mass is 9.92. The molecule has 2 fully saturated rings. The molecule has 1 aromatic heterocycles. The minimum absolute atomic E-state index is 0. The summed E-state index contributed by atoms with van der Waals surface area (Å²) in [5.74, 6) is 0.765. The summed E-state index contributed by atoms with van der Waals surface area (Å²) in [5.41, 5.74) is 0.161. The van der Waals surface area contributed by atoms with E-state index in [1.54, 1.807) is 0 Å². The third-order valence-corrected chi connectivity index (χ3v) is 5.67. The van der Waals surface area contributed by atoms with Crippen molar-refractivity contribution in [3.63, 3.8) is 0 Å². The fourth-order valence-corrected chi connectivity index (χ4v) is 4.08. The van der Waals surface area contributed by atoms with E-state index in [0.717, 1.165) is 45.1 Å². The molecule has 1 aromatic carbocycles. The Labute approximate surface area is 181 Å². The summed E-state index contributed by atoms with van der Waals surface area (Å²) in [6, 6.07) is 3.31. The number of carbonyl (C=O) groups is 1. The Bertz CT molecular complexity index is 820. The van der Waals surface area contributed by atoms with Crippen molar-refractivity contribution in [3.8, 4) is 11.3 Å². The first-order valence-electron chi connectivity index (χ1n) is 9.49. The molecule has 3 heterocycles. The van der Waals surface area contributed by atoms with E-state index in [4.69, 9.17) is 4.42 Å². The van der Waals surface area contributed by atoms with Gasteiger partial charge in [-0.3, -0.25) is 4.79 Å². The Kier molecular flexibility index (Phi) is 8.43. The monoisotopic (exact) mass is 447 g/mol. The van der Waals surface area contributed by atoms with Crippen LogP contribution in [0.4, 0.5) is 8.78 Å². The molecule has 4 rings (SSSR count). The molecule has 0 aliphatic carbocycles. The molecule has 29 heavy (non-hydrogen) atoms. The van der Waals surface area contributed by atoms with Gasteiger partial charge in [-0.15, -0.1) is 24.8 Å². The molecule has 1 amide bonds. The lowest BCUT2D eigenvalue weighted by molar-refractivity contribution is -0.131. The van der Waals surface area contributed by atoms with Crippen LogP contribution >= 0.6 is 24.8 Å². The molecule has 2 aliphatic rings. The van der Waals surface area contributed by atoms with Gasteiger partial charge in [0, 0.05) is 32.0 Å². The molecule has 2 saturated heterocycles. The van der Waals surface area contributed by atoms with Gasteiger partial charge in [-0.2, -0.15) is 0 Å². The van der Waals surface area contributed by atoms with Crippen molar-refractivity contribution in [3.05, 3.63) is 41.9 Å². The predicted molar refractivity (Wildman–Crippen MR) is 110 cm³/mol. The third kappa shape index (κ3) is 5.47. The fraction of sp³-hybridized carbons (Fsp3) is 0.500. The van der Waals surface area contributed by atoms with Crippen molar-refractivity contribution in [2.24, 2.45) is 11.8 Å². The van der Waals surface area contributed by atoms with E-state index < -0.39 is 11.6 Å². The number of likely N-dealkylation sites (tertiary alicyclic amines) is 1. The highest BCUT2D eigenvalue weighted by Gasteiger charge is 2.31. The van der Waals surface area contributed by atoms with Crippen LogP contribution in [0.3, 0.4) is 0 Å². The summed E-state index contributed by atoms with van der Waals surface area (Å²) in [5, 5.41) is 3.43. The smallest absolute Gasteiger partial charge is 0.223 e. The average molecular weight is 448 g/mol. The average Bonchev–Trinajstić information content (AvgIpc) is 3.25. The van der Waals surface area contributed by atoms with E-state index in [9.17, 15) is 13.6 Å². The molecular formula is C20H25Cl2F2N3O2. The highest BCUT2D eigenvalue weighted by atomic mass is 35.5. The zero-order valence-electron chi connectivity index (χ0n) is 15.9. The predicted octanol–water partition coefficient (Wildman–Crippen LogP) is 3.85. The fourth-order valence-electron chi connectivity index (χ4n) is 4.08. The van der Waals surface area contributed by atoms with Gasteiger partial charge in [-0.05, 0) is 49.9 Å². The number of nitrogens with one attached hydrogen (secondary N) is 1. The van der Waals surface area contributed by atoms with Gasteiger partial charge in [0.2, 0.25) is 5.91 Å². The molecule has 1 N–H and O–H groups in total. The Balaban J connectivity index is 0.00000150. The Morgan fingerprint density at radius 2 is 1.86 bits per heavy atom. The van der Waals surface area contributed by atoms with Crippen molar-refractivity contribution in [1.82, 2.24) is 15.2 Å². The van der Waals surface area contributed by atoms with E-state index in [0.29, 0.717) is 30.6 Å². The number of oxazole rings is 1. The van der Waals surface area contributed by atoms with Crippen molar-refractivity contribution < 1.29 is 18.0 Å². The molecule has 2 aromatic rings. The van der Waals surface area contributed by atoms with Crippen LogP contribution in [0.5, 0.6) is 0 Å². The number of halogens is 4. The molecule has 5 nitrogen and oxygen atoms in total. The van der Waals surface area contributed by atoms with E-state index in [1.165, 1.54) is 18.3 Å². The van der Waals surface area contributed by atoms with Crippen LogP contribution in [-0.4, -0.2) is 42.0 Å². The highest BCUT2D eigenvalue weighted by Crippen LogP contribution is 2.28. The first-order chi connectivity index (χ1) is 13.1. The number of rotatable bonds is 4. The Hall–Kier alpha value is -1.70. The molecular weight excluding hydrogens is 423 g/mol. The SMILES string of the molecule is Cl.Cl.O=C(CCc1ncc(-c2ccc(F)cc2F)o1)N1CC[C@@H]2CNC[C@@H]2CC1. The van der Waals surface area contributed by atoms with Crippen LogP contribution in [0.1, 0.15) is 25.2 Å². The maximum atomic E-state index is 13.8. The van der Waals surface area contributed by atoms with Crippen LogP contribution < -0.4 is 5.32 Å². The maximum Gasteiger partial charge on any atom is 0.223 e. The minimum Gasteiger partial charge on any atom is -0.441 e. The summed E-state index contributed by atoms with van der Waals surface area (Å²) < 4.78 is 32.4. The van der Waals surface area contributed by atoms with Gasteiger partial charge in [0.05, 0.1) is 11.8 Å². The first-order valence-corrected chi connectivity index (χ1v) is 9.49. The quantitative estimate of drug-likeness (QED) is 0.772. The summed E-state index contributed by atoms with van der Waals surface area (Å²) in [6.07, 6.45) is 4.20. The third-order valence-electron chi connectivity index (χ3n) is 5.67. The van der Waals surface area contributed by atoms with Gasteiger partial charge in [0.1, 0.15) is 11.6 Å². The van der Waals surface area contributed by atoms with Gasteiger partial charge in [-0.25, -0.2) is 13.8 Å². The van der Waals surface area contributed by atoms with Gasteiger partial charge >= 0.3 is 0 Å². The normalized spacial score (nSPS) is 21.0. The van der Waals surface area contributed by atoms with E-state index >= 15 is 0 Å². The number of fused-ring (bicyclic) bond motifs is 1. The molecule has 0 radical (unpaired) electrons.